The summed E-state index contributed by atoms with van der Waals surface area (Å²) in [4.78, 5) is 104. The Hall–Kier alpha value is -6.09. The number of hydrogen-bond donors (Lipinski definition) is 2. The van der Waals surface area contributed by atoms with Gasteiger partial charge in [-0.05, 0) is 67.8 Å². The van der Waals surface area contributed by atoms with E-state index in [0.717, 1.165) is 72.1 Å². The molecule has 10 rings (SSSR count). The van der Waals surface area contributed by atoms with Crippen LogP contribution in [0.4, 0.5) is 0 Å². The fourth-order valence-corrected chi connectivity index (χ4v) is 12.8. The average molecular weight is 923 g/mol. The Morgan fingerprint density at radius 1 is 0.470 bits per heavy atom. The summed E-state index contributed by atoms with van der Waals surface area (Å²) in [5.74, 6) is -3.28. The number of benzene rings is 4. The van der Waals surface area contributed by atoms with E-state index in [0.29, 0.717) is 91.2 Å². The molecule has 0 fully saturated rings. The molecule has 4 aromatic carbocycles. The number of aliphatic hydroxyl groups excluding tert-OH is 1. The van der Waals surface area contributed by atoms with E-state index in [1.165, 1.54) is 37.4 Å². The summed E-state index contributed by atoms with van der Waals surface area (Å²) in [7, 11) is 0. The van der Waals surface area contributed by atoms with Crippen molar-refractivity contribution in [2.75, 3.05) is 19.6 Å². The summed E-state index contributed by atoms with van der Waals surface area (Å²) in [6.45, 7) is 7.14. The molecule has 2 aromatic heterocycles. The lowest BCUT2D eigenvalue weighted by Gasteiger charge is -2.36. The molecule has 12 nitrogen and oxygen atoms in total. The maximum atomic E-state index is 14.8. The molecule has 0 aliphatic carbocycles. The SMILES string of the molecule is CCCCCCN1C(=O)c2ccc3c4c(c(-c5cc6sc(-c7cc8c9c(ccc%10c9c7C(O)N(CCCCCC)C%10=O)C(=O)NC8=O)cc6s5)cc(c24)C1=O)C(=O)N(CCCCCC)C3=O. The van der Waals surface area contributed by atoms with Gasteiger partial charge in [0.1, 0.15) is 0 Å². The summed E-state index contributed by atoms with van der Waals surface area (Å²) in [6.07, 6.45) is 9.25. The Morgan fingerprint density at radius 2 is 0.939 bits per heavy atom. The number of rotatable bonds is 17. The number of fused-ring (bicyclic) bond motifs is 1. The van der Waals surface area contributed by atoms with Gasteiger partial charge in [-0.3, -0.25) is 48.7 Å². The third-order valence-electron chi connectivity index (χ3n) is 13.7. The van der Waals surface area contributed by atoms with E-state index in [2.05, 4.69) is 26.1 Å². The molecule has 1 unspecified atom stereocenters. The minimum absolute atomic E-state index is 0.239. The van der Waals surface area contributed by atoms with E-state index in [1.54, 1.807) is 36.4 Å². The largest absolute Gasteiger partial charge is 0.369 e. The van der Waals surface area contributed by atoms with Gasteiger partial charge >= 0.3 is 0 Å². The van der Waals surface area contributed by atoms with Gasteiger partial charge in [0.15, 0.2) is 6.23 Å². The maximum absolute atomic E-state index is 14.8. The van der Waals surface area contributed by atoms with Gasteiger partial charge in [0.25, 0.3) is 41.4 Å². The van der Waals surface area contributed by atoms with Gasteiger partial charge in [-0.2, -0.15) is 0 Å². The molecule has 2 N–H and O–H groups in total. The Balaban J connectivity index is 1.12. The molecule has 66 heavy (non-hydrogen) atoms. The number of carbonyl (C=O) groups is 7. The number of thiophene rings is 2. The number of imide groups is 3. The zero-order valence-electron chi connectivity index (χ0n) is 37.3. The van der Waals surface area contributed by atoms with Crippen molar-refractivity contribution in [3.05, 3.63) is 93.0 Å². The Labute approximate surface area is 389 Å². The second-order valence-corrected chi connectivity index (χ2v) is 20.0. The molecule has 7 amide bonds. The molecular formula is C52H50N4O8S2. The molecule has 0 saturated carbocycles. The first-order chi connectivity index (χ1) is 32.0. The van der Waals surface area contributed by atoms with Crippen molar-refractivity contribution in [3.63, 3.8) is 0 Å². The Morgan fingerprint density at radius 3 is 1.55 bits per heavy atom. The van der Waals surface area contributed by atoms with Crippen LogP contribution < -0.4 is 5.32 Å². The van der Waals surface area contributed by atoms with E-state index < -0.39 is 41.7 Å². The number of nitrogens with one attached hydrogen (secondary N) is 1. The zero-order valence-corrected chi connectivity index (χ0v) is 38.9. The number of aliphatic hydroxyl groups is 1. The van der Waals surface area contributed by atoms with Crippen molar-refractivity contribution in [2.45, 2.75) is 104 Å². The normalized spacial score (nSPS) is 16.6. The highest BCUT2D eigenvalue weighted by Gasteiger charge is 2.43. The highest BCUT2D eigenvalue weighted by molar-refractivity contribution is 7.31. The van der Waals surface area contributed by atoms with Crippen LogP contribution in [0.3, 0.4) is 0 Å². The third kappa shape index (κ3) is 6.81. The summed E-state index contributed by atoms with van der Waals surface area (Å²) in [6, 6.07) is 13.8. The summed E-state index contributed by atoms with van der Waals surface area (Å²) < 4.78 is 1.67. The van der Waals surface area contributed by atoms with Crippen molar-refractivity contribution in [1.29, 1.82) is 0 Å². The van der Waals surface area contributed by atoms with Crippen LogP contribution in [0.5, 0.6) is 0 Å². The molecule has 6 aromatic rings. The summed E-state index contributed by atoms with van der Waals surface area (Å²) in [5, 5.41) is 16.0. The van der Waals surface area contributed by atoms with Crippen LogP contribution in [0.25, 0.3) is 51.8 Å². The molecule has 4 aliphatic heterocycles. The predicted octanol–water partition coefficient (Wildman–Crippen LogP) is 10.9. The lowest BCUT2D eigenvalue weighted by molar-refractivity contribution is 0.00442. The first kappa shape index (κ1) is 43.8. The van der Waals surface area contributed by atoms with Crippen LogP contribution in [-0.2, 0) is 0 Å². The van der Waals surface area contributed by atoms with Crippen LogP contribution in [0, 0.1) is 0 Å². The smallest absolute Gasteiger partial charge is 0.262 e. The number of carbonyl (C=O) groups excluding carboxylic acids is 7. The van der Waals surface area contributed by atoms with Gasteiger partial charge in [0, 0.05) is 110 Å². The maximum Gasteiger partial charge on any atom is 0.262 e. The van der Waals surface area contributed by atoms with E-state index in [9.17, 15) is 38.7 Å². The monoisotopic (exact) mass is 922 g/mol. The molecular weight excluding hydrogens is 873 g/mol. The molecule has 4 aliphatic rings. The molecule has 0 radical (unpaired) electrons. The van der Waals surface area contributed by atoms with Crippen molar-refractivity contribution < 1.29 is 38.7 Å². The van der Waals surface area contributed by atoms with Gasteiger partial charge in [0.2, 0.25) is 0 Å². The van der Waals surface area contributed by atoms with Crippen LogP contribution in [0.15, 0.2) is 48.5 Å². The van der Waals surface area contributed by atoms with Gasteiger partial charge in [-0.1, -0.05) is 78.6 Å². The van der Waals surface area contributed by atoms with Crippen LogP contribution >= 0.6 is 22.7 Å². The average Bonchev–Trinajstić information content (AvgIpc) is 3.90. The van der Waals surface area contributed by atoms with Crippen molar-refractivity contribution in [3.8, 4) is 20.9 Å². The molecule has 0 bridgehead atoms. The lowest BCUT2D eigenvalue weighted by atomic mass is 9.83. The van der Waals surface area contributed by atoms with Crippen molar-refractivity contribution >= 4 is 95.0 Å². The molecule has 14 heteroatoms. The topological polar surface area (TPSA) is 161 Å². The molecule has 1 atom stereocenters. The van der Waals surface area contributed by atoms with Gasteiger partial charge in [0.05, 0.1) is 5.56 Å². The fraction of sp³-hybridized carbons (Fsp3) is 0.365. The van der Waals surface area contributed by atoms with E-state index in [-0.39, 0.29) is 35.7 Å². The molecule has 0 spiro atoms. The summed E-state index contributed by atoms with van der Waals surface area (Å²) >= 11 is 2.84. The molecule has 0 saturated heterocycles. The lowest BCUT2D eigenvalue weighted by Crippen LogP contribution is -2.44. The standard InChI is InChI=1S/C52H50N4O8S2/c1-4-7-10-13-20-54-47(59)28-18-19-30-42-40(28)34(50(54)62)24-32(44(42)52(64)56(49(30)61)22-15-12-9-6-3)36-26-38-37(66-36)25-35(65-38)31-23-33-39-27(45(57)53-46(33)58)16-17-29-41(39)43(31)51(63)55(48(29)60)21-14-11-8-5-2/h16-19,23-26,51,63H,4-15,20-22H2,1-3H3,(H,53,57,58). The van der Waals surface area contributed by atoms with E-state index in [4.69, 9.17) is 0 Å². The highest BCUT2D eigenvalue weighted by Crippen LogP contribution is 2.51. The van der Waals surface area contributed by atoms with Crippen LogP contribution in [-0.4, -0.2) is 80.8 Å². The quantitative estimate of drug-likeness (QED) is 0.0675. The van der Waals surface area contributed by atoms with E-state index in [1.807, 2.05) is 12.1 Å². The first-order valence-corrected chi connectivity index (χ1v) is 25.0. The predicted molar refractivity (Wildman–Crippen MR) is 257 cm³/mol. The molecule has 338 valence electrons. The number of hydrogen-bond acceptors (Lipinski definition) is 10. The van der Waals surface area contributed by atoms with Crippen LogP contribution in [0.1, 0.15) is 182 Å². The van der Waals surface area contributed by atoms with Crippen molar-refractivity contribution in [1.82, 2.24) is 20.0 Å². The first-order valence-electron chi connectivity index (χ1n) is 23.4. The molecule has 6 heterocycles. The van der Waals surface area contributed by atoms with Crippen LogP contribution in [0.2, 0.25) is 0 Å². The summed E-state index contributed by atoms with van der Waals surface area (Å²) in [5.41, 5.74) is 3.52. The zero-order chi connectivity index (χ0) is 46.1. The van der Waals surface area contributed by atoms with Gasteiger partial charge in [-0.25, -0.2) is 0 Å². The third-order valence-corrected chi connectivity index (χ3v) is 16.1. The minimum atomic E-state index is -1.34. The minimum Gasteiger partial charge on any atom is -0.369 e. The van der Waals surface area contributed by atoms with Gasteiger partial charge in [-0.15, -0.1) is 22.7 Å². The van der Waals surface area contributed by atoms with Crippen molar-refractivity contribution in [2.24, 2.45) is 0 Å². The highest BCUT2D eigenvalue weighted by atomic mass is 32.1. The Kier molecular flexibility index (Phi) is 11.5. The number of unbranched alkanes of at least 4 members (excludes halogenated alkanes) is 9. The second-order valence-electron chi connectivity index (χ2n) is 17.9. The number of amides is 7. The van der Waals surface area contributed by atoms with E-state index >= 15 is 0 Å². The fourth-order valence-electron chi connectivity index (χ4n) is 10.4. The Bertz CT molecular complexity index is 3100. The second kappa shape index (κ2) is 17.3. The number of nitrogens with zero attached hydrogens (tertiary/aromatic N) is 3. The van der Waals surface area contributed by atoms with Gasteiger partial charge < -0.3 is 10.0 Å².